The van der Waals surface area contributed by atoms with E-state index in [9.17, 15) is 5.11 Å². The quantitative estimate of drug-likeness (QED) is 0.763. The monoisotopic (exact) mass is 263 g/mol. The van der Waals surface area contributed by atoms with Gasteiger partial charge in [0.15, 0.2) is 0 Å². The van der Waals surface area contributed by atoms with Crippen molar-refractivity contribution in [1.29, 1.82) is 0 Å². The van der Waals surface area contributed by atoms with Gasteiger partial charge in [-0.1, -0.05) is 42.0 Å². The molecule has 2 nitrogen and oxygen atoms in total. The zero-order valence-electron chi connectivity index (χ0n) is 11.7. The van der Waals surface area contributed by atoms with Crippen molar-refractivity contribution < 1.29 is 5.11 Å². The van der Waals surface area contributed by atoms with Crippen molar-refractivity contribution in [3.8, 4) is 0 Å². The summed E-state index contributed by atoms with van der Waals surface area (Å²) in [7, 11) is 0. The summed E-state index contributed by atoms with van der Waals surface area (Å²) >= 11 is 0. The molecule has 0 radical (unpaired) electrons. The Morgan fingerprint density at radius 2 is 1.75 bits per heavy atom. The minimum Gasteiger partial charge on any atom is -0.381 e. The lowest BCUT2D eigenvalue weighted by Crippen LogP contribution is -2.22. The number of benzene rings is 2. The summed E-state index contributed by atoms with van der Waals surface area (Å²) in [6, 6.07) is 17.8. The molecular formula is C18H17NO. The van der Waals surface area contributed by atoms with E-state index in [1.165, 1.54) is 0 Å². The zero-order valence-corrected chi connectivity index (χ0v) is 11.7. The van der Waals surface area contributed by atoms with Gasteiger partial charge in [-0.15, -0.1) is 0 Å². The lowest BCUT2D eigenvalue weighted by atomic mass is 9.87. The molecule has 0 spiro atoms. The topological polar surface area (TPSA) is 33.1 Å². The second-order valence-corrected chi connectivity index (χ2v) is 5.35. The zero-order chi connectivity index (χ0) is 14.2. The molecule has 2 heteroatoms. The molecule has 1 atom stereocenters. The molecule has 0 fully saturated rings. The first-order valence-corrected chi connectivity index (χ1v) is 6.72. The van der Waals surface area contributed by atoms with Crippen LogP contribution in [-0.2, 0) is 5.60 Å². The van der Waals surface area contributed by atoms with Crippen LogP contribution in [0.5, 0.6) is 0 Å². The molecule has 3 aromatic rings. The molecule has 0 amide bonds. The molecule has 0 saturated carbocycles. The first-order chi connectivity index (χ1) is 9.57. The van der Waals surface area contributed by atoms with Crippen molar-refractivity contribution in [3.05, 3.63) is 77.5 Å². The van der Waals surface area contributed by atoms with E-state index in [-0.39, 0.29) is 0 Å². The summed E-state index contributed by atoms with van der Waals surface area (Å²) in [5, 5.41) is 12.0. The molecule has 1 unspecified atom stereocenters. The average Bonchev–Trinajstić information content (AvgIpc) is 2.46. The van der Waals surface area contributed by atoms with Gasteiger partial charge in [0, 0.05) is 11.6 Å². The minimum absolute atomic E-state index is 0.878. The number of hydrogen-bond acceptors (Lipinski definition) is 2. The van der Waals surface area contributed by atoms with Crippen molar-refractivity contribution in [2.75, 3.05) is 0 Å². The molecule has 0 aliphatic rings. The van der Waals surface area contributed by atoms with Crippen LogP contribution in [0.2, 0.25) is 0 Å². The van der Waals surface area contributed by atoms with E-state index < -0.39 is 5.60 Å². The first kappa shape index (κ1) is 12.8. The van der Waals surface area contributed by atoms with Gasteiger partial charge in [0.25, 0.3) is 0 Å². The Labute approximate surface area is 118 Å². The SMILES string of the molecule is Cc1cccc(C(C)(O)c2ccc3ncccc3c2)c1. The summed E-state index contributed by atoms with van der Waals surface area (Å²) < 4.78 is 0. The summed E-state index contributed by atoms with van der Waals surface area (Å²) in [5.41, 5.74) is 2.86. The molecule has 0 saturated heterocycles. The number of aliphatic hydroxyl groups is 1. The maximum Gasteiger partial charge on any atom is 0.112 e. The smallest absolute Gasteiger partial charge is 0.112 e. The van der Waals surface area contributed by atoms with E-state index in [4.69, 9.17) is 0 Å². The van der Waals surface area contributed by atoms with Crippen molar-refractivity contribution in [3.63, 3.8) is 0 Å². The van der Waals surface area contributed by atoms with Crippen LogP contribution in [0.15, 0.2) is 60.8 Å². The Hall–Kier alpha value is -2.19. The van der Waals surface area contributed by atoms with Gasteiger partial charge in [-0.3, -0.25) is 4.98 Å². The number of nitrogens with zero attached hydrogens (tertiary/aromatic N) is 1. The third-order valence-corrected chi connectivity index (χ3v) is 3.75. The largest absolute Gasteiger partial charge is 0.381 e. The van der Waals surface area contributed by atoms with E-state index in [0.717, 1.165) is 27.6 Å². The number of aryl methyl sites for hydroxylation is 1. The highest BCUT2D eigenvalue weighted by atomic mass is 16.3. The fraction of sp³-hybridized carbons (Fsp3) is 0.167. The van der Waals surface area contributed by atoms with Gasteiger partial charge < -0.3 is 5.11 Å². The van der Waals surface area contributed by atoms with Gasteiger partial charge in [-0.2, -0.15) is 0 Å². The molecular weight excluding hydrogens is 246 g/mol. The molecule has 3 rings (SSSR count). The molecule has 1 heterocycles. The highest BCUT2D eigenvalue weighted by Crippen LogP contribution is 2.31. The van der Waals surface area contributed by atoms with Crippen LogP contribution in [0.1, 0.15) is 23.6 Å². The van der Waals surface area contributed by atoms with Crippen molar-refractivity contribution in [2.45, 2.75) is 19.4 Å². The summed E-state index contributed by atoms with van der Waals surface area (Å²) in [5.74, 6) is 0. The standard InChI is InChI=1S/C18H17NO/c1-13-5-3-7-15(11-13)18(2,20)16-8-9-17-14(12-16)6-4-10-19-17/h3-12,20H,1-2H3. The Balaban J connectivity index is 2.13. The maximum atomic E-state index is 10.9. The second-order valence-electron chi connectivity index (χ2n) is 5.35. The van der Waals surface area contributed by atoms with Gasteiger partial charge in [0.1, 0.15) is 5.60 Å². The van der Waals surface area contributed by atoms with Crippen LogP contribution in [-0.4, -0.2) is 10.1 Å². The van der Waals surface area contributed by atoms with E-state index in [0.29, 0.717) is 0 Å². The molecule has 100 valence electrons. The highest BCUT2D eigenvalue weighted by Gasteiger charge is 2.25. The fourth-order valence-corrected chi connectivity index (χ4v) is 2.49. The molecule has 1 N–H and O–H groups in total. The van der Waals surface area contributed by atoms with Gasteiger partial charge in [0.2, 0.25) is 0 Å². The van der Waals surface area contributed by atoms with E-state index in [1.54, 1.807) is 6.20 Å². The van der Waals surface area contributed by atoms with Crippen LogP contribution < -0.4 is 0 Å². The minimum atomic E-state index is -1.00. The van der Waals surface area contributed by atoms with Crippen LogP contribution in [0.25, 0.3) is 10.9 Å². The fourth-order valence-electron chi connectivity index (χ4n) is 2.49. The van der Waals surface area contributed by atoms with Gasteiger partial charge in [0.05, 0.1) is 5.52 Å². The first-order valence-electron chi connectivity index (χ1n) is 6.72. The number of aromatic nitrogens is 1. The summed E-state index contributed by atoms with van der Waals surface area (Å²) in [6.07, 6.45) is 1.78. The molecule has 20 heavy (non-hydrogen) atoms. The van der Waals surface area contributed by atoms with Gasteiger partial charge in [-0.25, -0.2) is 0 Å². The Kier molecular flexibility index (Phi) is 3.03. The van der Waals surface area contributed by atoms with Crippen LogP contribution in [0.3, 0.4) is 0 Å². The Morgan fingerprint density at radius 1 is 0.950 bits per heavy atom. The predicted octanol–water partition coefficient (Wildman–Crippen LogP) is 3.80. The molecule has 0 bridgehead atoms. The van der Waals surface area contributed by atoms with Gasteiger partial charge >= 0.3 is 0 Å². The van der Waals surface area contributed by atoms with Crippen molar-refractivity contribution in [2.24, 2.45) is 0 Å². The maximum absolute atomic E-state index is 10.9. The normalized spacial score (nSPS) is 14.2. The van der Waals surface area contributed by atoms with Crippen LogP contribution in [0.4, 0.5) is 0 Å². The summed E-state index contributed by atoms with van der Waals surface area (Å²) in [4.78, 5) is 4.31. The van der Waals surface area contributed by atoms with Crippen LogP contribution >= 0.6 is 0 Å². The summed E-state index contributed by atoms with van der Waals surface area (Å²) in [6.45, 7) is 3.86. The third kappa shape index (κ3) is 2.19. The highest BCUT2D eigenvalue weighted by molar-refractivity contribution is 5.79. The Morgan fingerprint density at radius 3 is 2.55 bits per heavy atom. The van der Waals surface area contributed by atoms with E-state index >= 15 is 0 Å². The number of rotatable bonds is 2. The third-order valence-electron chi connectivity index (χ3n) is 3.75. The molecule has 1 aromatic heterocycles. The lowest BCUT2D eigenvalue weighted by molar-refractivity contribution is 0.102. The van der Waals surface area contributed by atoms with Crippen LogP contribution in [0, 0.1) is 6.92 Å². The van der Waals surface area contributed by atoms with Crippen molar-refractivity contribution >= 4 is 10.9 Å². The number of pyridine rings is 1. The predicted molar refractivity (Wildman–Crippen MR) is 81.6 cm³/mol. The number of hydrogen-bond donors (Lipinski definition) is 1. The van der Waals surface area contributed by atoms with E-state index in [2.05, 4.69) is 4.98 Å². The second kappa shape index (κ2) is 4.73. The molecule has 0 aliphatic heterocycles. The lowest BCUT2D eigenvalue weighted by Gasteiger charge is -2.25. The molecule has 2 aromatic carbocycles. The number of fused-ring (bicyclic) bond motifs is 1. The van der Waals surface area contributed by atoms with E-state index in [1.807, 2.05) is 68.4 Å². The Bertz CT molecular complexity index is 762. The van der Waals surface area contributed by atoms with Crippen molar-refractivity contribution in [1.82, 2.24) is 4.98 Å². The molecule has 0 aliphatic carbocycles. The average molecular weight is 263 g/mol. The van der Waals surface area contributed by atoms with Gasteiger partial charge in [-0.05, 0) is 43.2 Å².